The van der Waals surface area contributed by atoms with Crippen LogP contribution in [-0.4, -0.2) is 23.2 Å². The maximum absolute atomic E-state index is 5.36. The zero-order chi connectivity index (χ0) is 8.55. The second kappa shape index (κ2) is 2.75. The predicted octanol–water partition coefficient (Wildman–Crippen LogP) is -0.0253. The van der Waals surface area contributed by atoms with Gasteiger partial charge < -0.3 is 15.6 Å². The van der Waals surface area contributed by atoms with Gasteiger partial charge in [-0.2, -0.15) is 4.98 Å². The number of anilines is 1. The molecule has 3 N–H and O–H groups in total. The third kappa shape index (κ3) is 1.16. The minimum Gasteiger partial charge on any atom is -0.365 e. The molecule has 0 saturated carbocycles. The molecule has 66 valence electrons. The molecule has 2 atom stereocenters. The average Bonchev–Trinajstić information content (AvgIpc) is 2.58. The number of rotatable bonds is 1. The maximum Gasteiger partial charge on any atom is 0.260 e. The highest BCUT2D eigenvalue weighted by Crippen LogP contribution is 2.26. The normalized spacial score (nSPS) is 29.4. The monoisotopic (exact) mass is 168 g/mol. The van der Waals surface area contributed by atoms with Crippen LogP contribution in [0, 0.1) is 5.92 Å². The van der Waals surface area contributed by atoms with Crippen LogP contribution in [0.3, 0.4) is 0 Å². The van der Waals surface area contributed by atoms with Gasteiger partial charge in [0, 0.05) is 6.54 Å². The number of nitrogens with two attached hydrogens (primary N) is 1. The van der Waals surface area contributed by atoms with Gasteiger partial charge >= 0.3 is 0 Å². The molecule has 0 amide bonds. The van der Waals surface area contributed by atoms with Gasteiger partial charge in [0.1, 0.15) is 0 Å². The Hall–Kier alpha value is -1.10. The smallest absolute Gasteiger partial charge is 0.260 e. The third-order valence-electron chi connectivity index (χ3n) is 2.29. The molecule has 5 heteroatoms. The lowest BCUT2D eigenvalue weighted by Gasteiger charge is -2.06. The van der Waals surface area contributed by atoms with Crippen molar-refractivity contribution in [2.24, 2.45) is 5.92 Å². The van der Waals surface area contributed by atoms with E-state index in [1.165, 1.54) is 0 Å². The van der Waals surface area contributed by atoms with Gasteiger partial charge in [0.25, 0.3) is 5.95 Å². The Morgan fingerprint density at radius 2 is 2.42 bits per heavy atom. The molecule has 1 aromatic heterocycles. The van der Waals surface area contributed by atoms with E-state index in [0.29, 0.717) is 17.7 Å². The van der Waals surface area contributed by atoms with Crippen LogP contribution in [0.1, 0.15) is 18.7 Å². The summed E-state index contributed by atoms with van der Waals surface area (Å²) >= 11 is 0. The molecule has 1 aromatic rings. The summed E-state index contributed by atoms with van der Waals surface area (Å²) in [5, 5.41) is 6.82. The summed E-state index contributed by atoms with van der Waals surface area (Å²) < 4.78 is 4.99. The molecule has 1 aliphatic heterocycles. The van der Waals surface area contributed by atoms with Crippen LogP contribution >= 0.6 is 0 Å². The average molecular weight is 168 g/mol. The number of aromatic nitrogens is 2. The summed E-state index contributed by atoms with van der Waals surface area (Å²) in [6, 6.07) is 0. The van der Waals surface area contributed by atoms with Crippen molar-refractivity contribution in [3.05, 3.63) is 5.89 Å². The van der Waals surface area contributed by atoms with E-state index in [1.54, 1.807) is 0 Å². The summed E-state index contributed by atoms with van der Waals surface area (Å²) in [6.07, 6.45) is 0. The first-order valence-electron chi connectivity index (χ1n) is 4.07. The molecular formula is C7H12N4O. The van der Waals surface area contributed by atoms with Gasteiger partial charge in [-0.15, -0.1) is 0 Å². The topological polar surface area (TPSA) is 77.0 Å². The van der Waals surface area contributed by atoms with Gasteiger partial charge in [0.15, 0.2) is 0 Å². The quantitative estimate of drug-likeness (QED) is 0.616. The fourth-order valence-corrected chi connectivity index (χ4v) is 1.54. The summed E-state index contributed by atoms with van der Waals surface area (Å²) in [6.45, 7) is 4.07. The van der Waals surface area contributed by atoms with Gasteiger partial charge in [-0.1, -0.05) is 6.92 Å². The summed E-state index contributed by atoms with van der Waals surface area (Å²) in [7, 11) is 0. The minimum atomic E-state index is 0.226. The SMILES string of the molecule is CC1CNCC1c1nc(N)no1. The second-order valence-corrected chi connectivity index (χ2v) is 3.23. The molecule has 2 rings (SSSR count). The fraction of sp³-hybridized carbons (Fsp3) is 0.714. The van der Waals surface area contributed by atoms with E-state index < -0.39 is 0 Å². The maximum atomic E-state index is 5.36. The lowest BCUT2D eigenvalue weighted by molar-refractivity contribution is 0.340. The number of hydrogen-bond acceptors (Lipinski definition) is 5. The first-order chi connectivity index (χ1) is 5.77. The standard InChI is InChI=1S/C7H12N4O/c1-4-2-9-3-5(4)6-10-7(8)11-12-6/h4-5,9H,2-3H2,1H3,(H2,8,11). The van der Waals surface area contributed by atoms with Crippen molar-refractivity contribution in [3.63, 3.8) is 0 Å². The summed E-state index contributed by atoms with van der Waals surface area (Å²) in [4.78, 5) is 4.00. The molecule has 0 aromatic carbocycles. The van der Waals surface area contributed by atoms with E-state index in [1.807, 2.05) is 0 Å². The van der Waals surface area contributed by atoms with Gasteiger partial charge in [-0.3, -0.25) is 0 Å². The van der Waals surface area contributed by atoms with Crippen LogP contribution in [-0.2, 0) is 0 Å². The molecule has 2 heterocycles. The van der Waals surface area contributed by atoms with Crippen LogP contribution in [0.4, 0.5) is 5.95 Å². The van der Waals surface area contributed by atoms with E-state index in [4.69, 9.17) is 10.3 Å². The number of nitrogens with zero attached hydrogens (tertiary/aromatic N) is 2. The summed E-state index contributed by atoms with van der Waals surface area (Å²) in [5.74, 6) is 1.76. The van der Waals surface area contributed by atoms with E-state index in [0.717, 1.165) is 13.1 Å². The van der Waals surface area contributed by atoms with Crippen molar-refractivity contribution in [1.82, 2.24) is 15.5 Å². The largest absolute Gasteiger partial charge is 0.365 e. The summed E-state index contributed by atoms with van der Waals surface area (Å²) in [5.41, 5.74) is 5.36. The van der Waals surface area contributed by atoms with Crippen LogP contribution in [0.15, 0.2) is 4.52 Å². The van der Waals surface area contributed by atoms with Gasteiger partial charge in [-0.05, 0) is 17.6 Å². The highest BCUT2D eigenvalue weighted by Gasteiger charge is 2.29. The predicted molar refractivity (Wildman–Crippen MR) is 43.5 cm³/mol. The fourth-order valence-electron chi connectivity index (χ4n) is 1.54. The lowest BCUT2D eigenvalue weighted by Crippen LogP contribution is -2.08. The zero-order valence-corrected chi connectivity index (χ0v) is 6.95. The molecular weight excluding hydrogens is 156 g/mol. The van der Waals surface area contributed by atoms with Crippen molar-refractivity contribution >= 4 is 5.95 Å². The first-order valence-corrected chi connectivity index (χ1v) is 4.07. The Labute approximate surface area is 70.3 Å². The van der Waals surface area contributed by atoms with Gasteiger partial charge in [0.2, 0.25) is 5.89 Å². The van der Waals surface area contributed by atoms with Gasteiger partial charge in [0.05, 0.1) is 5.92 Å². The number of hydrogen-bond donors (Lipinski definition) is 2. The second-order valence-electron chi connectivity index (χ2n) is 3.23. The molecule has 2 unspecified atom stereocenters. The Kier molecular flexibility index (Phi) is 1.73. The lowest BCUT2D eigenvalue weighted by atomic mass is 9.98. The third-order valence-corrected chi connectivity index (χ3v) is 2.29. The Balaban J connectivity index is 2.19. The van der Waals surface area contributed by atoms with Crippen molar-refractivity contribution in [2.45, 2.75) is 12.8 Å². The van der Waals surface area contributed by atoms with Crippen molar-refractivity contribution in [1.29, 1.82) is 0 Å². The Morgan fingerprint density at radius 3 is 2.92 bits per heavy atom. The Bertz CT molecular complexity index is 272. The molecule has 0 spiro atoms. The van der Waals surface area contributed by atoms with Crippen molar-refractivity contribution < 1.29 is 4.52 Å². The first kappa shape index (κ1) is 7.54. The molecule has 0 bridgehead atoms. The van der Waals surface area contributed by atoms with E-state index in [2.05, 4.69) is 22.4 Å². The molecule has 0 radical (unpaired) electrons. The van der Waals surface area contributed by atoms with E-state index >= 15 is 0 Å². The number of nitrogen functional groups attached to an aromatic ring is 1. The highest BCUT2D eigenvalue weighted by molar-refractivity contribution is 5.13. The van der Waals surface area contributed by atoms with Crippen molar-refractivity contribution in [2.75, 3.05) is 18.8 Å². The minimum absolute atomic E-state index is 0.226. The highest BCUT2D eigenvalue weighted by atomic mass is 16.5. The molecule has 1 aliphatic rings. The van der Waals surface area contributed by atoms with Crippen LogP contribution in [0.2, 0.25) is 0 Å². The zero-order valence-electron chi connectivity index (χ0n) is 6.95. The number of nitrogens with one attached hydrogen (secondary N) is 1. The Morgan fingerprint density at radius 1 is 1.58 bits per heavy atom. The van der Waals surface area contributed by atoms with Crippen molar-refractivity contribution in [3.8, 4) is 0 Å². The molecule has 5 nitrogen and oxygen atoms in total. The molecule has 1 fully saturated rings. The molecule has 12 heavy (non-hydrogen) atoms. The van der Waals surface area contributed by atoms with E-state index in [-0.39, 0.29) is 5.95 Å². The van der Waals surface area contributed by atoms with E-state index in [9.17, 15) is 0 Å². The van der Waals surface area contributed by atoms with Gasteiger partial charge in [-0.25, -0.2) is 0 Å². The molecule has 0 aliphatic carbocycles. The van der Waals surface area contributed by atoms with Crippen LogP contribution in [0.5, 0.6) is 0 Å². The molecule has 1 saturated heterocycles. The van der Waals surface area contributed by atoms with Crippen LogP contribution < -0.4 is 11.1 Å². The van der Waals surface area contributed by atoms with Crippen LogP contribution in [0.25, 0.3) is 0 Å².